The van der Waals surface area contributed by atoms with Gasteiger partial charge in [-0.1, -0.05) is 5.10 Å². The van der Waals surface area contributed by atoms with E-state index < -0.39 is 10.6 Å². The van der Waals surface area contributed by atoms with Crippen LogP contribution >= 0.6 is 0 Å². The molecule has 0 bridgehead atoms. The summed E-state index contributed by atoms with van der Waals surface area (Å²) < 4.78 is 0. The third kappa shape index (κ3) is 3.65. The van der Waals surface area contributed by atoms with Gasteiger partial charge in [-0.05, 0) is 5.34 Å². The number of hydroxylamine groups is 2. The van der Waals surface area contributed by atoms with Crippen molar-refractivity contribution < 1.29 is 15.5 Å². The minimum Gasteiger partial charge on any atom is -0.596 e. The molecule has 2 N–H and O–H groups in total. The van der Waals surface area contributed by atoms with Crippen molar-refractivity contribution >= 4 is 6.72 Å². The molecule has 6 heteroatoms. The number of hydrogen-bond acceptors (Lipinski definition) is 4. The fourth-order valence-electron chi connectivity index (χ4n) is 0.155. The van der Waals surface area contributed by atoms with Crippen LogP contribution in [0.15, 0.2) is 5.10 Å². The summed E-state index contributed by atoms with van der Waals surface area (Å²) in [7, 11) is 1.11. The maximum Gasteiger partial charge on any atom is 0.102 e. The highest BCUT2D eigenvalue weighted by molar-refractivity contribution is 5.20. The minimum atomic E-state index is -0.961. The number of nitrogens with zero attached hydrogens (tertiary/aromatic N) is 1. The van der Waals surface area contributed by atoms with Crippen molar-refractivity contribution in [3.8, 4) is 0 Å². The van der Waals surface area contributed by atoms with Gasteiger partial charge < -0.3 is 10.4 Å². The third-order valence-electron chi connectivity index (χ3n) is 0.360. The molecule has 0 aromatic rings. The lowest BCUT2D eigenvalue weighted by Gasteiger charge is -2.15. The molecule has 0 rings (SSSR count). The molecule has 0 spiro atoms. The summed E-state index contributed by atoms with van der Waals surface area (Å²) in [6, 6.07) is 0. The molecule has 0 radical (unpaired) electrons. The standard InChI is InChI=1S/C2H7N3O3/c1-3-5(7)8-4(2)6/h4-5H,1H2,2H3. The summed E-state index contributed by atoms with van der Waals surface area (Å²) in [4.78, 5) is 3.89. The fourth-order valence-corrected chi connectivity index (χ4v) is 0.155. The van der Waals surface area contributed by atoms with Gasteiger partial charge in [0.05, 0.1) is 6.72 Å². The molecule has 0 aliphatic rings. The van der Waals surface area contributed by atoms with E-state index in [1.54, 1.807) is 0 Å². The lowest BCUT2D eigenvalue weighted by atomic mass is 11.5. The molecule has 0 aliphatic carbocycles. The Kier molecular flexibility index (Phi) is 3.24. The van der Waals surface area contributed by atoms with Crippen LogP contribution in [0, 0.1) is 10.4 Å². The molecule has 2 atom stereocenters. The third-order valence-corrected chi connectivity index (χ3v) is 0.360. The Hall–Kier alpha value is -0.530. The quantitative estimate of drug-likeness (QED) is 0.305. The Labute approximate surface area is 46.0 Å². The van der Waals surface area contributed by atoms with E-state index in [1.165, 1.54) is 0 Å². The number of nitrogens with one attached hydrogen (secondary N) is 2. The predicted octanol–water partition coefficient (Wildman–Crippen LogP) is -3.16. The van der Waals surface area contributed by atoms with Crippen LogP contribution in [0.25, 0.3) is 0 Å². The molecule has 0 amide bonds. The number of rotatable bonds is 3. The summed E-state index contributed by atoms with van der Waals surface area (Å²) in [6.07, 6.45) is 0. The van der Waals surface area contributed by atoms with Gasteiger partial charge in [-0.2, -0.15) is 5.23 Å². The van der Waals surface area contributed by atoms with Gasteiger partial charge in [-0.3, -0.25) is 0 Å². The van der Waals surface area contributed by atoms with E-state index in [0.29, 0.717) is 0 Å². The summed E-state index contributed by atoms with van der Waals surface area (Å²) in [5.74, 6) is 0. The van der Waals surface area contributed by atoms with Gasteiger partial charge in [-0.15, -0.1) is 0 Å². The van der Waals surface area contributed by atoms with Crippen LogP contribution < -0.4 is 10.6 Å². The summed E-state index contributed by atoms with van der Waals surface area (Å²) in [6.45, 7) is 2.84. The second-order valence-electron chi connectivity index (χ2n) is 1.02. The normalized spacial score (nSPS) is 17.4. The maximum absolute atomic E-state index is 9.95. The summed E-state index contributed by atoms with van der Waals surface area (Å²) >= 11 is 0. The van der Waals surface area contributed by atoms with Gasteiger partial charge in [-0.25, -0.2) is 0 Å². The van der Waals surface area contributed by atoms with E-state index in [-0.39, 0.29) is 0 Å². The van der Waals surface area contributed by atoms with E-state index in [4.69, 9.17) is 0 Å². The van der Waals surface area contributed by atoms with Gasteiger partial charge in [0.1, 0.15) is 7.05 Å². The number of quaternary nitrogens is 2. The molecule has 0 saturated heterocycles. The van der Waals surface area contributed by atoms with E-state index in [1.807, 2.05) is 0 Å². The molecular weight excluding hydrogens is 114 g/mol. The molecule has 2 unspecified atom stereocenters. The number of hydrogen-bond donors (Lipinski definition) is 2. The van der Waals surface area contributed by atoms with Crippen LogP contribution in [0.2, 0.25) is 0 Å². The zero-order valence-electron chi connectivity index (χ0n) is 4.38. The van der Waals surface area contributed by atoms with E-state index in [9.17, 15) is 10.4 Å². The molecule has 8 heavy (non-hydrogen) atoms. The Morgan fingerprint density at radius 3 is 2.25 bits per heavy atom. The monoisotopic (exact) mass is 121 g/mol. The Morgan fingerprint density at radius 1 is 1.62 bits per heavy atom. The van der Waals surface area contributed by atoms with Crippen LogP contribution in [-0.4, -0.2) is 13.8 Å². The second kappa shape index (κ2) is 3.47. The van der Waals surface area contributed by atoms with Crippen molar-refractivity contribution in [3.63, 3.8) is 0 Å². The lowest BCUT2D eigenvalue weighted by molar-refractivity contribution is -1.31. The Balaban J connectivity index is 3.23. The summed E-state index contributed by atoms with van der Waals surface area (Å²) in [5.41, 5.74) is 0. The highest BCUT2D eigenvalue weighted by Crippen LogP contribution is 1.31. The van der Waals surface area contributed by atoms with E-state index in [0.717, 1.165) is 7.05 Å². The van der Waals surface area contributed by atoms with Gasteiger partial charge in [0, 0.05) is 4.94 Å². The van der Waals surface area contributed by atoms with E-state index >= 15 is 0 Å². The molecular formula is C2H7N3O3. The average molecular weight is 121 g/mol. The average Bonchev–Trinajstić information content (AvgIpc) is 1.65. The van der Waals surface area contributed by atoms with Crippen LogP contribution in [-0.2, 0) is 4.94 Å². The highest BCUT2D eigenvalue weighted by Gasteiger charge is 1.92. The molecule has 0 aromatic carbocycles. The van der Waals surface area contributed by atoms with E-state index in [2.05, 4.69) is 16.8 Å². The smallest absolute Gasteiger partial charge is 0.102 e. The molecule has 0 heterocycles. The van der Waals surface area contributed by atoms with Gasteiger partial charge in [0.15, 0.2) is 0 Å². The van der Waals surface area contributed by atoms with Crippen molar-refractivity contribution in [2.75, 3.05) is 7.05 Å². The SMILES string of the molecule is C=N[NH+]([O-])O[NH+](C)[O-]. The van der Waals surface area contributed by atoms with Crippen molar-refractivity contribution in [1.29, 1.82) is 0 Å². The van der Waals surface area contributed by atoms with Crippen LogP contribution in [0.3, 0.4) is 0 Å². The predicted molar refractivity (Wildman–Crippen MR) is 25.2 cm³/mol. The largest absolute Gasteiger partial charge is 0.596 e. The Morgan fingerprint density at radius 2 is 2.12 bits per heavy atom. The second-order valence-corrected chi connectivity index (χ2v) is 1.02. The molecule has 0 aliphatic heterocycles. The van der Waals surface area contributed by atoms with Crippen molar-refractivity contribution in [1.82, 2.24) is 0 Å². The first-order chi connectivity index (χ1) is 3.66. The molecule has 48 valence electrons. The fraction of sp³-hybridized carbons (Fsp3) is 0.500. The van der Waals surface area contributed by atoms with Crippen molar-refractivity contribution in [3.05, 3.63) is 10.4 Å². The first kappa shape index (κ1) is 7.47. The first-order valence-corrected chi connectivity index (χ1v) is 1.86. The molecule has 6 nitrogen and oxygen atoms in total. The van der Waals surface area contributed by atoms with Crippen LogP contribution in [0.4, 0.5) is 0 Å². The zero-order chi connectivity index (χ0) is 6.57. The zero-order valence-corrected chi connectivity index (χ0v) is 4.38. The summed E-state index contributed by atoms with van der Waals surface area (Å²) in [5, 5.41) is 21.0. The molecule has 0 aromatic heterocycles. The van der Waals surface area contributed by atoms with Gasteiger partial charge in [0.25, 0.3) is 0 Å². The van der Waals surface area contributed by atoms with Gasteiger partial charge in [0.2, 0.25) is 0 Å². The van der Waals surface area contributed by atoms with Crippen LogP contribution in [0.1, 0.15) is 0 Å². The molecule has 0 saturated carbocycles. The van der Waals surface area contributed by atoms with Crippen molar-refractivity contribution in [2.45, 2.75) is 0 Å². The minimum absolute atomic E-state index is 0.678. The maximum atomic E-state index is 9.95. The topological polar surface area (TPSA) is 76.6 Å². The van der Waals surface area contributed by atoms with Crippen molar-refractivity contribution in [2.24, 2.45) is 5.10 Å². The Bertz CT molecular complexity index is 74.9. The lowest BCUT2D eigenvalue weighted by Crippen LogP contribution is -3.21. The first-order valence-electron chi connectivity index (χ1n) is 1.86. The highest BCUT2D eigenvalue weighted by atomic mass is 17.1. The van der Waals surface area contributed by atoms with Gasteiger partial charge >= 0.3 is 0 Å². The molecule has 0 fully saturated rings. The van der Waals surface area contributed by atoms with Crippen LogP contribution in [0.5, 0.6) is 0 Å².